The van der Waals surface area contributed by atoms with Crippen LogP contribution in [0.15, 0.2) is 50.6 Å². The van der Waals surface area contributed by atoms with Gasteiger partial charge in [-0.15, -0.1) is 10.2 Å². The van der Waals surface area contributed by atoms with E-state index in [0.29, 0.717) is 32.1 Å². The Bertz CT molecular complexity index is 895. The second-order valence-corrected chi connectivity index (χ2v) is 7.57. The van der Waals surface area contributed by atoms with E-state index in [9.17, 15) is 4.79 Å². The molecule has 0 radical (unpaired) electrons. The summed E-state index contributed by atoms with van der Waals surface area (Å²) in [5.74, 6) is 1.39. The molecule has 1 N–H and O–H groups in total. The number of halogens is 2. The fourth-order valence-electron chi connectivity index (χ4n) is 2.30. The summed E-state index contributed by atoms with van der Waals surface area (Å²) in [6.45, 7) is 2.81. The molecule has 0 atom stereocenters. The van der Waals surface area contributed by atoms with E-state index in [1.54, 1.807) is 24.3 Å². The van der Waals surface area contributed by atoms with Crippen LogP contribution >= 0.6 is 39.3 Å². The predicted octanol–water partition coefficient (Wildman–Crippen LogP) is 5.09. The highest BCUT2D eigenvalue weighted by Gasteiger charge is 2.17. The van der Waals surface area contributed by atoms with Crippen molar-refractivity contribution in [2.24, 2.45) is 0 Å². The maximum atomic E-state index is 12.2. The highest BCUT2D eigenvalue weighted by Crippen LogP contribution is 2.27. The van der Waals surface area contributed by atoms with E-state index < -0.39 is 0 Å². The summed E-state index contributed by atoms with van der Waals surface area (Å²) < 4.78 is 8.18. The Morgan fingerprint density at radius 3 is 2.69 bits per heavy atom. The van der Waals surface area contributed by atoms with Gasteiger partial charge in [-0.1, -0.05) is 30.3 Å². The van der Waals surface area contributed by atoms with Gasteiger partial charge in [0, 0.05) is 17.3 Å². The molecule has 0 fully saturated rings. The number of anilines is 1. The number of benzene rings is 1. The van der Waals surface area contributed by atoms with Crippen molar-refractivity contribution in [1.29, 1.82) is 0 Å². The van der Waals surface area contributed by atoms with Crippen molar-refractivity contribution < 1.29 is 9.21 Å². The minimum absolute atomic E-state index is 0.120. The molecule has 2 aromatic heterocycles. The summed E-state index contributed by atoms with van der Waals surface area (Å²) >= 11 is 10.5. The Morgan fingerprint density at radius 1 is 1.27 bits per heavy atom. The van der Waals surface area contributed by atoms with Crippen molar-refractivity contribution in [3.8, 4) is 11.6 Å². The third kappa shape index (κ3) is 4.69. The fraction of sp³-hybridized carbons (Fsp3) is 0.235. The van der Waals surface area contributed by atoms with Crippen molar-refractivity contribution in [3.05, 3.63) is 46.1 Å². The molecule has 0 bridgehead atoms. The summed E-state index contributed by atoms with van der Waals surface area (Å²) in [4.78, 5) is 12.2. The van der Waals surface area contributed by atoms with E-state index >= 15 is 0 Å². The zero-order chi connectivity index (χ0) is 18.5. The second kappa shape index (κ2) is 8.75. The van der Waals surface area contributed by atoms with Crippen LogP contribution in [0.4, 0.5) is 5.69 Å². The van der Waals surface area contributed by atoms with E-state index in [1.807, 2.05) is 16.7 Å². The van der Waals surface area contributed by atoms with Gasteiger partial charge in [0.15, 0.2) is 15.6 Å². The summed E-state index contributed by atoms with van der Waals surface area (Å²) in [6, 6.07) is 10.6. The summed E-state index contributed by atoms with van der Waals surface area (Å²) in [5.41, 5.74) is 0.705. The van der Waals surface area contributed by atoms with Gasteiger partial charge in [-0.3, -0.25) is 9.36 Å². The van der Waals surface area contributed by atoms with Gasteiger partial charge >= 0.3 is 0 Å². The third-order valence-corrected chi connectivity index (χ3v) is 5.06. The number of hydrogen-bond donors (Lipinski definition) is 1. The number of nitrogens with one attached hydrogen (secondary N) is 1. The normalized spacial score (nSPS) is 10.9. The number of amides is 1. The molecule has 0 aliphatic heterocycles. The third-order valence-electron chi connectivity index (χ3n) is 3.42. The molecule has 0 saturated carbocycles. The molecule has 2 heterocycles. The molecule has 3 rings (SSSR count). The molecule has 3 aromatic rings. The monoisotopic (exact) mass is 454 g/mol. The van der Waals surface area contributed by atoms with E-state index in [0.717, 1.165) is 13.0 Å². The lowest BCUT2D eigenvalue weighted by atomic mass is 10.3. The number of hydrogen-bond acceptors (Lipinski definition) is 5. The van der Waals surface area contributed by atoms with E-state index in [2.05, 4.69) is 38.4 Å². The van der Waals surface area contributed by atoms with Crippen molar-refractivity contribution in [2.45, 2.75) is 25.0 Å². The van der Waals surface area contributed by atoms with Crippen LogP contribution in [-0.2, 0) is 11.3 Å². The average molecular weight is 456 g/mol. The number of carbonyl (C=O) groups excluding carboxylic acids is 1. The molecular weight excluding hydrogens is 440 g/mol. The zero-order valence-corrected chi connectivity index (χ0v) is 17.1. The fourth-order valence-corrected chi connectivity index (χ4v) is 3.49. The molecule has 0 saturated heterocycles. The van der Waals surface area contributed by atoms with Crippen molar-refractivity contribution >= 4 is 50.9 Å². The Hall–Kier alpha value is -1.77. The Labute approximate surface area is 168 Å². The lowest BCUT2D eigenvalue weighted by Gasteiger charge is -2.08. The van der Waals surface area contributed by atoms with Gasteiger partial charge in [-0.2, -0.15) is 0 Å². The number of aromatic nitrogens is 3. The largest absolute Gasteiger partial charge is 0.446 e. The van der Waals surface area contributed by atoms with Crippen LogP contribution in [-0.4, -0.2) is 26.4 Å². The van der Waals surface area contributed by atoms with Crippen LogP contribution in [0, 0.1) is 0 Å². The van der Waals surface area contributed by atoms with Gasteiger partial charge in [0.2, 0.25) is 11.7 Å². The number of furan rings is 1. The summed E-state index contributed by atoms with van der Waals surface area (Å²) in [6.07, 6.45) is 0.914. The minimum Gasteiger partial charge on any atom is -0.446 e. The first kappa shape index (κ1) is 19.0. The number of thioether (sulfide) groups is 1. The smallest absolute Gasteiger partial charge is 0.234 e. The molecule has 0 spiro atoms. The van der Waals surface area contributed by atoms with E-state index in [4.69, 9.17) is 16.0 Å². The van der Waals surface area contributed by atoms with Crippen molar-refractivity contribution in [1.82, 2.24) is 14.8 Å². The topological polar surface area (TPSA) is 73.0 Å². The second-order valence-electron chi connectivity index (χ2n) is 5.41. The molecule has 0 aliphatic carbocycles. The van der Waals surface area contributed by atoms with Gasteiger partial charge in [0.05, 0.1) is 5.75 Å². The summed E-state index contributed by atoms with van der Waals surface area (Å²) in [5, 5.41) is 12.6. The number of nitrogens with zero attached hydrogens (tertiary/aromatic N) is 3. The van der Waals surface area contributed by atoms with Crippen LogP contribution in [0.3, 0.4) is 0 Å². The maximum absolute atomic E-state index is 12.2. The molecule has 136 valence electrons. The first-order valence-corrected chi connectivity index (χ1v) is 10.1. The lowest BCUT2D eigenvalue weighted by Crippen LogP contribution is -2.14. The first-order valence-electron chi connectivity index (χ1n) is 7.94. The van der Waals surface area contributed by atoms with Crippen LogP contribution in [0.1, 0.15) is 13.3 Å². The molecule has 1 aromatic carbocycles. The van der Waals surface area contributed by atoms with Crippen molar-refractivity contribution in [3.63, 3.8) is 0 Å². The molecule has 9 heteroatoms. The van der Waals surface area contributed by atoms with Gasteiger partial charge in [0.1, 0.15) is 0 Å². The molecule has 26 heavy (non-hydrogen) atoms. The maximum Gasteiger partial charge on any atom is 0.234 e. The van der Waals surface area contributed by atoms with Crippen molar-refractivity contribution in [2.75, 3.05) is 11.1 Å². The van der Waals surface area contributed by atoms with Crippen LogP contribution < -0.4 is 5.32 Å². The standard InChI is InChI=1S/C17H16BrClN4O2S/c1-2-9-23-16(13-7-8-14(18)25-13)21-22-17(23)26-10-15(24)20-12-5-3-11(19)4-6-12/h3-8H,2,9-10H2,1H3,(H,20,24). The Balaban J connectivity index is 1.68. The highest BCUT2D eigenvalue weighted by molar-refractivity contribution is 9.10. The minimum atomic E-state index is -0.120. The van der Waals surface area contributed by atoms with Gasteiger partial charge in [-0.25, -0.2) is 0 Å². The first-order chi connectivity index (χ1) is 12.6. The number of rotatable bonds is 7. The van der Waals surface area contributed by atoms with Gasteiger partial charge in [-0.05, 0) is 58.7 Å². The van der Waals surface area contributed by atoms with Crippen LogP contribution in [0.25, 0.3) is 11.6 Å². The van der Waals surface area contributed by atoms with Crippen LogP contribution in [0.5, 0.6) is 0 Å². The lowest BCUT2D eigenvalue weighted by molar-refractivity contribution is -0.113. The van der Waals surface area contributed by atoms with E-state index in [1.165, 1.54) is 11.8 Å². The molecule has 1 amide bonds. The van der Waals surface area contributed by atoms with E-state index in [-0.39, 0.29) is 11.7 Å². The number of carbonyl (C=O) groups is 1. The molecule has 0 aliphatic rings. The highest BCUT2D eigenvalue weighted by atomic mass is 79.9. The molecule has 6 nitrogen and oxygen atoms in total. The molecule has 0 unspecified atom stereocenters. The summed E-state index contributed by atoms with van der Waals surface area (Å²) in [7, 11) is 0. The zero-order valence-electron chi connectivity index (χ0n) is 13.9. The molecular formula is C17H16BrClN4O2S. The van der Waals surface area contributed by atoms with Crippen LogP contribution in [0.2, 0.25) is 5.02 Å². The van der Waals surface area contributed by atoms with Gasteiger partial charge < -0.3 is 9.73 Å². The Kier molecular flexibility index (Phi) is 6.39. The quantitative estimate of drug-likeness (QED) is 0.502. The Morgan fingerprint density at radius 2 is 2.04 bits per heavy atom. The van der Waals surface area contributed by atoms with Gasteiger partial charge in [0.25, 0.3) is 0 Å². The average Bonchev–Trinajstić information content (AvgIpc) is 3.22. The predicted molar refractivity (Wildman–Crippen MR) is 107 cm³/mol. The SMILES string of the molecule is CCCn1c(SCC(=O)Nc2ccc(Cl)cc2)nnc1-c1ccc(Br)o1.